The molecule has 2 heterocycles. The number of halogens is 3. The Morgan fingerprint density at radius 3 is 2.37 bits per heavy atom. The zero-order valence-electron chi connectivity index (χ0n) is 10.2. The van der Waals surface area contributed by atoms with Crippen LogP contribution in [0.15, 0.2) is 29.3 Å². The molecule has 0 radical (unpaired) electrons. The van der Waals surface area contributed by atoms with Gasteiger partial charge in [0.1, 0.15) is 0 Å². The van der Waals surface area contributed by atoms with Gasteiger partial charge in [0.25, 0.3) is 5.56 Å². The molecule has 104 valence electrons. The summed E-state index contributed by atoms with van der Waals surface area (Å²) in [5.74, 6) is 0. The van der Waals surface area contributed by atoms with E-state index in [2.05, 4.69) is 10.2 Å². The lowest BCUT2D eigenvalue weighted by Gasteiger charge is -1.99. The summed E-state index contributed by atoms with van der Waals surface area (Å²) in [4.78, 5) is 10.8. The van der Waals surface area contributed by atoms with E-state index in [0.717, 1.165) is 23.6 Å². The van der Waals surface area contributed by atoms with Crippen LogP contribution in [0.3, 0.4) is 0 Å². The summed E-state index contributed by atoms with van der Waals surface area (Å²) in [6.45, 7) is 0. The highest BCUT2D eigenvalue weighted by Crippen LogP contribution is 2.32. The normalized spacial score (nSPS) is 14.9. The van der Waals surface area contributed by atoms with Crippen molar-refractivity contribution in [2.45, 2.75) is 25.1 Å². The van der Waals surface area contributed by atoms with Gasteiger partial charge in [0.05, 0.1) is 6.04 Å². The van der Waals surface area contributed by atoms with Gasteiger partial charge in [-0.1, -0.05) is 0 Å². The van der Waals surface area contributed by atoms with Crippen molar-refractivity contribution >= 4 is 0 Å². The van der Waals surface area contributed by atoms with Gasteiger partial charge in [-0.3, -0.25) is 14.2 Å². The lowest BCUT2D eigenvalue weighted by atomic mass is 10.4. The fourth-order valence-electron chi connectivity index (χ4n) is 1.52. The first-order valence-corrected chi connectivity index (χ1v) is 5.70. The Morgan fingerprint density at radius 1 is 1.37 bits per heavy atom. The van der Waals surface area contributed by atoms with Crippen molar-refractivity contribution < 1.29 is 13.2 Å². The molecule has 2 aromatic heterocycles. The average molecular weight is 274 g/mol. The van der Waals surface area contributed by atoms with Gasteiger partial charge in [0.2, 0.25) is 0 Å². The van der Waals surface area contributed by atoms with Gasteiger partial charge in [-0.05, 0) is 18.9 Å². The standard InChI is InChI=1S/C6H8N2O.C5H5F3N2/c9-6-3-4-7-8(6)5-1-2-5;1-10-3-2-4(9-10)5(6,7)8/h3-5,7H,1-2H2;2-3H,1H3. The van der Waals surface area contributed by atoms with Crippen LogP contribution in [0.2, 0.25) is 0 Å². The van der Waals surface area contributed by atoms with Crippen LogP contribution >= 0.6 is 0 Å². The van der Waals surface area contributed by atoms with Crippen LogP contribution in [0.25, 0.3) is 0 Å². The Hall–Kier alpha value is -1.99. The number of nitrogens with one attached hydrogen (secondary N) is 1. The van der Waals surface area contributed by atoms with Gasteiger partial charge < -0.3 is 5.10 Å². The summed E-state index contributed by atoms with van der Waals surface area (Å²) in [6.07, 6.45) is 0.922. The lowest BCUT2D eigenvalue weighted by molar-refractivity contribution is -0.141. The molecule has 3 rings (SSSR count). The van der Waals surface area contributed by atoms with Gasteiger partial charge in [-0.2, -0.15) is 18.3 Å². The molecule has 19 heavy (non-hydrogen) atoms. The third kappa shape index (κ3) is 3.49. The molecule has 2 aromatic rings. The quantitative estimate of drug-likeness (QED) is 0.864. The first-order chi connectivity index (χ1) is 8.88. The van der Waals surface area contributed by atoms with E-state index in [-0.39, 0.29) is 5.56 Å². The molecular formula is C11H13F3N4O. The summed E-state index contributed by atoms with van der Waals surface area (Å²) in [5, 5.41) is 6.05. The Labute approximate surface area is 106 Å². The Balaban J connectivity index is 0.000000141. The highest BCUT2D eigenvalue weighted by molar-refractivity contribution is 5.02. The first-order valence-electron chi connectivity index (χ1n) is 5.70. The fourth-order valence-corrected chi connectivity index (χ4v) is 1.52. The average Bonchev–Trinajstić information content (AvgIpc) is 2.91. The molecule has 1 fully saturated rings. The number of alkyl halides is 3. The molecular weight excluding hydrogens is 261 g/mol. The summed E-state index contributed by atoms with van der Waals surface area (Å²) >= 11 is 0. The van der Waals surface area contributed by atoms with E-state index >= 15 is 0 Å². The number of rotatable bonds is 1. The molecule has 5 nitrogen and oxygen atoms in total. The molecule has 0 bridgehead atoms. The van der Waals surface area contributed by atoms with Crippen LogP contribution in [0, 0.1) is 0 Å². The van der Waals surface area contributed by atoms with E-state index in [1.54, 1.807) is 16.9 Å². The minimum Gasteiger partial charge on any atom is -0.303 e. The first kappa shape index (κ1) is 13.4. The second kappa shape index (κ2) is 4.94. The lowest BCUT2D eigenvalue weighted by Crippen LogP contribution is -2.13. The van der Waals surface area contributed by atoms with Crippen LogP contribution in [-0.4, -0.2) is 19.6 Å². The van der Waals surface area contributed by atoms with Crippen molar-refractivity contribution in [2.75, 3.05) is 0 Å². The Kier molecular flexibility index (Phi) is 3.50. The Bertz CT molecular complexity index is 591. The minimum absolute atomic E-state index is 0.0949. The largest absolute Gasteiger partial charge is 0.435 e. The minimum atomic E-state index is -4.32. The number of aryl methyl sites for hydroxylation is 1. The van der Waals surface area contributed by atoms with E-state index in [9.17, 15) is 18.0 Å². The highest BCUT2D eigenvalue weighted by Gasteiger charge is 2.33. The monoisotopic (exact) mass is 274 g/mol. The van der Waals surface area contributed by atoms with Crippen LogP contribution in [0.1, 0.15) is 24.6 Å². The van der Waals surface area contributed by atoms with E-state index in [0.29, 0.717) is 6.04 Å². The van der Waals surface area contributed by atoms with Crippen LogP contribution in [-0.2, 0) is 13.2 Å². The maximum atomic E-state index is 11.7. The SMILES string of the molecule is Cn1ccc(C(F)(F)F)n1.O=c1cc[nH]n1C1CC1. The number of aromatic nitrogens is 4. The summed E-state index contributed by atoms with van der Waals surface area (Å²) in [7, 11) is 1.44. The predicted octanol–water partition coefficient (Wildman–Crippen LogP) is 1.95. The molecule has 0 atom stereocenters. The van der Waals surface area contributed by atoms with Crippen molar-refractivity contribution in [3.05, 3.63) is 40.6 Å². The maximum Gasteiger partial charge on any atom is 0.435 e. The number of H-pyrrole nitrogens is 1. The van der Waals surface area contributed by atoms with Crippen molar-refractivity contribution in [3.63, 3.8) is 0 Å². The second-order valence-electron chi connectivity index (χ2n) is 4.27. The molecule has 1 saturated carbocycles. The van der Waals surface area contributed by atoms with Crippen LogP contribution in [0.5, 0.6) is 0 Å². The molecule has 0 unspecified atom stereocenters. The molecule has 8 heteroatoms. The van der Waals surface area contributed by atoms with Crippen molar-refractivity contribution in [3.8, 4) is 0 Å². The number of aromatic amines is 1. The van der Waals surface area contributed by atoms with Crippen LogP contribution in [0.4, 0.5) is 13.2 Å². The highest BCUT2D eigenvalue weighted by atomic mass is 19.4. The molecule has 0 spiro atoms. The zero-order chi connectivity index (χ0) is 14.0. The second-order valence-corrected chi connectivity index (χ2v) is 4.27. The molecule has 1 aliphatic carbocycles. The zero-order valence-corrected chi connectivity index (χ0v) is 10.2. The van der Waals surface area contributed by atoms with E-state index in [1.165, 1.54) is 13.2 Å². The predicted molar refractivity (Wildman–Crippen MR) is 61.5 cm³/mol. The number of nitrogens with zero attached hydrogens (tertiary/aromatic N) is 3. The van der Waals surface area contributed by atoms with Gasteiger partial charge in [0.15, 0.2) is 5.69 Å². The van der Waals surface area contributed by atoms with Gasteiger partial charge in [-0.25, -0.2) is 0 Å². The number of hydrogen-bond donors (Lipinski definition) is 1. The summed E-state index contributed by atoms with van der Waals surface area (Å²) in [5.41, 5.74) is -0.757. The Morgan fingerprint density at radius 2 is 2.05 bits per heavy atom. The molecule has 1 aliphatic rings. The summed E-state index contributed by atoms with van der Waals surface area (Å²) in [6, 6.07) is 2.96. The van der Waals surface area contributed by atoms with Crippen molar-refractivity contribution in [1.29, 1.82) is 0 Å². The van der Waals surface area contributed by atoms with Gasteiger partial charge >= 0.3 is 6.18 Å². The maximum absolute atomic E-state index is 11.7. The third-order valence-electron chi connectivity index (χ3n) is 2.59. The van der Waals surface area contributed by atoms with Crippen molar-refractivity contribution in [1.82, 2.24) is 19.6 Å². The topological polar surface area (TPSA) is 55.6 Å². The van der Waals surface area contributed by atoms with Crippen LogP contribution < -0.4 is 5.56 Å². The van der Waals surface area contributed by atoms with E-state index in [4.69, 9.17) is 0 Å². The van der Waals surface area contributed by atoms with E-state index in [1.807, 2.05) is 0 Å². The molecule has 0 saturated heterocycles. The van der Waals surface area contributed by atoms with Gasteiger partial charge in [-0.15, -0.1) is 0 Å². The molecule has 0 aliphatic heterocycles. The molecule has 1 N–H and O–H groups in total. The van der Waals surface area contributed by atoms with E-state index < -0.39 is 11.9 Å². The molecule has 0 amide bonds. The fraction of sp³-hybridized carbons (Fsp3) is 0.455. The van der Waals surface area contributed by atoms with Crippen molar-refractivity contribution in [2.24, 2.45) is 7.05 Å². The number of hydrogen-bond acceptors (Lipinski definition) is 2. The molecule has 0 aromatic carbocycles. The van der Waals surface area contributed by atoms with Gasteiger partial charge in [0, 0.05) is 25.5 Å². The third-order valence-corrected chi connectivity index (χ3v) is 2.59. The smallest absolute Gasteiger partial charge is 0.303 e. The summed E-state index contributed by atoms with van der Waals surface area (Å²) < 4.78 is 38.0.